The van der Waals surface area contributed by atoms with Crippen molar-refractivity contribution in [2.45, 2.75) is 6.92 Å². The minimum Gasteiger partial charge on any atom is -0.372 e. The van der Waals surface area contributed by atoms with E-state index in [1.807, 2.05) is 43.3 Å². The molecule has 0 aliphatic heterocycles. The van der Waals surface area contributed by atoms with Crippen LogP contribution in [0.2, 0.25) is 0 Å². The van der Waals surface area contributed by atoms with Crippen molar-refractivity contribution in [2.75, 3.05) is 0 Å². The summed E-state index contributed by atoms with van der Waals surface area (Å²) >= 11 is 0. The first-order valence-corrected chi connectivity index (χ1v) is 5.16. The molecule has 0 atom stereocenters. The third kappa shape index (κ3) is 3.72. The summed E-state index contributed by atoms with van der Waals surface area (Å²) in [6.07, 6.45) is 0.250. The maximum Gasteiger partial charge on any atom is 0.204 e. The van der Waals surface area contributed by atoms with E-state index in [2.05, 4.69) is 5.73 Å². The van der Waals surface area contributed by atoms with Crippen molar-refractivity contribution >= 4 is 6.41 Å². The van der Waals surface area contributed by atoms with Crippen LogP contribution in [0, 0.1) is 12.7 Å². The summed E-state index contributed by atoms with van der Waals surface area (Å²) in [6.45, 7) is 1.92. The van der Waals surface area contributed by atoms with E-state index in [1.165, 1.54) is 6.07 Å². The van der Waals surface area contributed by atoms with Crippen LogP contribution in [0.25, 0.3) is 11.1 Å². The highest BCUT2D eigenvalue weighted by Gasteiger charge is 2.01. The molecule has 0 heterocycles. The molecule has 88 valence electrons. The predicted molar refractivity (Wildman–Crippen MR) is 66.8 cm³/mol. The molecule has 0 unspecified atom stereocenters. The number of carbonyl (C=O) groups is 1. The van der Waals surface area contributed by atoms with E-state index in [0.29, 0.717) is 0 Å². The highest BCUT2D eigenvalue weighted by Crippen LogP contribution is 2.23. The number of carbonyl (C=O) groups excluding carboxylic acids is 1. The second-order valence-corrected chi connectivity index (χ2v) is 3.46. The molecular weight excluding hydrogens is 217 g/mol. The molecule has 0 radical (unpaired) electrons. The fourth-order valence-electron chi connectivity index (χ4n) is 1.57. The molecular formula is C14H14FNO. The molecule has 0 bridgehead atoms. The molecule has 2 aromatic rings. The molecule has 17 heavy (non-hydrogen) atoms. The molecule has 0 aromatic heterocycles. The quantitative estimate of drug-likeness (QED) is 0.753. The van der Waals surface area contributed by atoms with Gasteiger partial charge in [0.1, 0.15) is 5.82 Å². The first-order valence-electron chi connectivity index (χ1n) is 5.16. The van der Waals surface area contributed by atoms with Gasteiger partial charge in [-0.2, -0.15) is 0 Å². The van der Waals surface area contributed by atoms with Crippen LogP contribution in [-0.2, 0) is 4.79 Å². The van der Waals surface area contributed by atoms with E-state index in [1.54, 1.807) is 6.07 Å². The van der Waals surface area contributed by atoms with E-state index in [4.69, 9.17) is 4.79 Å². The monoisotopic (exact) mass is 231 g/mol. The number of hydrogen-bond acceptors (Lipinski definition) is 1. The van der Waals surface area contributed by atoms with E-state index in [9.17, 15) is 4.39 Å². The van der Waals surface area contributed by atoms with Gasteiger partial charge in [-0.3, -0.25) is 4.79 Å². The van der Waals surface area contributed by atoms with Crippen LogP contribution in [0.5, 0.6) is 0 Å². The second kappa shape index (κ2) is 6.43. The van der Waals surface area contributed by atoms with Crippen LogP contribution in [-0.4, -0.2) is 6.41 Å². The fourth-order valence-corrected chi connectivity index (χ4v) is 1.57. The zero-order valence-electron chi connectivity index (χ0n) is 9.56. The van der Waals surface area contributed by atoms with Crippen molar-refractivity contribution in [3.63, 3.8) is 0 Å². The summed E-state index contributed by atoms with van der Waals surface area (Å²) in [4.78, 5) is 8.58. The fraction of sp³-hybridized carbons (Fsp3) is 0.0714. The SMILES string of the molecule is Cc1cc(F)ccc1-c1ccccc1.NC=O. The number of nitrogens with two attached hydrogens (primary N) is 1. The van der Waals surface area contributed by atoms with Gasteiger partial charge in [-0.15, -0.1) is 0 Å². The van der Waals surface area contributed by atoms with Gasteiger partial charge >= 0.3 is 0 Å². The van der Waals surface area contributed by atoms with Crippen molar-refractivity contribution in [1.29, 1.82) is 0 Å². The lowest BCUT2D eigenvalue weighted by molar-refractivity contribution is -0.106. The van der Waals surface area contributed by atoms with Crippen LogP contribution in [0.1, 0.15) is 5.56 Å². The molecule has 0 aliphatic carbocycles. The largest absolute Gasteiger partial charge is 0.372 e. The number of hydrogen-bond donors (Lipinski definition) is 1. The van der Waals surface area contributed by atoms with Crippen molar-refractivity contribution < 1.29 is 9.18 Å². The highest BCUT2D eigenvalue weighted by atomic mass is 19.1. The number of halogens is 1. The smallest absolute Gasteiger partial charge is 0.204 e. The van der Waals surface area contributed by atoms with Gasteiger partial charge in [0.15, 0.2) is 0 Å². The lowest BCUT2D eigenvalue weighted by Gasteiger charge is -2.05. The van der Waals surface area contributed by atoms with Crippen LogP contribution in [0.3, 0.4) is 0 Å². The van der Waals surface area contributed by atoms with Gasteiger partial charge in [-0.05, 0) is 35.7 Å². The summed E-state index contributed by atoms with van der Waals surface area (Å²) in [6, 6.07) is 14.9. The van der Waals surface area contributed by atoms with Gasteiger partial charge in [0.2, 0.25) is 6.41 Å². The average molecular weight is 231 g/mol. The molecule has 2 rings (SSSR count). The Morgan fingerprint density at radius 2 is 1.71 bits per heavy atom. The van der Waals surface area contributed by atoms with Gasteiger partial charge < -0.3 is 5.73 Å². The molecule has 3 heteroatoms. The van der Waals surface area contributed by atoms with Crippen molar-refractivity contribution in [2.24, 2.45) is 5.73 Å². The summed E-state index contributed by atoms with van der Waals surface area (Å²) in [5, 5.41) is 0. The number of aryl methyl sites for hydroxylation is 1. The number of primary amides is 1. The highest BCUT2D eigenvalue weighted by molar-refractivity contribution is 5.66. The number of rotatable bonds is 1. The minimum absolute atomic E-state index is 0.179. The first-order chi connectivity index (χ1) is 8.19. The molecule has 1 amide bonds. The number of amides is 1. The third-order valence-corrected chi connectivity index (χ3v) is 2.27. The summed E-state index contributed by atoms with van der Waals surface area (Å²) in [7, 11) is 0. The molecule has 0 aliphatic rings. The lowest BCUT2D eigenvalue weighted by Crippen LogP contribution is -1.84. The first kappa shape index (κ1) is 12.9. The Balaban J connectivity index is 0.000000437. The standard InChI is InChI=1S/C13H11F.CH3NO/c1-10-9-12(14)7-8-13(10)11-5-3-2-4-6-11;2-1-3/h2-9H,1H3;1H,(H2,2,3). The summed E-state index contributed by atoms with van der Waals surface area (Å²) in [5.41, 5.74) is 7.35. The molecule has 2 N–H and O–H groups in total. The minimum atomic E-state index is -0.179. The van der Waals surface area contributed by atoms with E-state index in [0.717, 1.165) is 16.7 Å². The van der Waals surface area contributed by atoms with Crippen LogP contribution in [0.4, 0.5) is 4.39 Å². The zero-order chi connectivity index (χ0) is 12.7. The van der Waals surface area contributed by atoms with Crippen molar-refractivity contribution in [1.82, 2.24) is 0 Å². The predicted octanol–water partition coefficient (Wildman–Crippen LogP) is 2.90. The van der Waals surface area contributed by atoms with E-state index >= 15 is 0 Å². The Morgan fingerprint density at radius 1 is 1.12 bits per heavy atom. The normalized spacial score (nSPS) is 9.06. The van der Waals surface area contributed by atoms with Crippen LogP contribution in [0.15, 0.2) is 48.5 Å². The molecule has 2 aromatic carbocycles. The molecule has 0 saturated carbocycles. The van der Waals surface area contributed by atoms with E-state index in [-0.39, 0.29) is 12.2 Å². The van der Waals surface area contributed by atoms with Gasteiger partial charge in [-0.25, -0.2) is 4.39 Å². The van der Waals surface area contributed by atoms with Gasteiger partial charge in [0.05, 0.1) is 0 Å². The summed E-state index contributed by atoms with van der Waals surface area (Å²) < 4.78 is 12.9. The Kier molecular flexibility index (Phi) is 4.88. The average Bonchev–Trinajstić information content (AvgIpc) is 2.31. The van der Waals surface area contributed by atoms with Gasteiger partial charge in [0, 0.05) is 0 Å². The van der Waals surface area contributed by atoms with Crippen molar-refractivity contribution in [3.05, 3.63) is 59.9 Å². The zero-order valence-corrected chi connectivity index (χ0v) is 9.56. The molecule has 0 fully saturated rings. The van der Waals surface area contributed by atoms with E-state index < -0.39 is 0 Å². The Hall–Kier alpha value is -2.16. The summed E-state index contributed by atoms with van der Waals surface area (Å²) in [5.74, 6) is -0.179. The van der Waals surface area contributed by atoms with Crippen LogP contribution >= 0.6 is 0 Å². The Bertz CT molecular complexity index is 483. The molecule has 2 nitrogen and oxygen atoms in total. The Morgan fingerprint density at radius 3 is 2.24 bits per heavy atom. The van der Waals surface area contributed by atoms with Crippen molar-refractivity contribution in [3.8, 4) is 11.1 Å². The second-order valence-electron chi connectivity index (χ2n) is 3.46. The maximum absolute atomic E-state index is 12.9. The topological polar surface area (TPSA) is 43.1 Å². The number of benzene rings is 2. The molecule has 0 spiro atoms. The lowest BCUT2D eigenvalue weighted by atomic mass is 10.0. The van der Waals surface area contributed by atoms with Gasteiger partial charge in [0.25, 0.3) is 0 Å². The van der Waals surface area contributed by atoms with Gasteiger partial charge in [-0.1, -0.05) is 36.4 Å². The third-order valence-electron chi connectivity index (χ3n) is 2.27. The maximum atomic E-state index is 12.9. The van der Waals surface area contributed by atoms with Crippen LogP contribution < -0.4 is 5.73 Å². The Labute approximate surface area is 99.9 Å². The molecule has 0 saturated heterocycles.